The molecule has 1 heterocycles. The average Bonchev–Trinajstić information content (AvgIpc) is 3.07. The number of Topliss-reactive ketones (excluding diaryl/α,β-unsaturated/α-hetero) is 1. The Bertz CT molecular complexity index is 1200. The standard InChI is InChI=1S/C26H22ClNO4/c1-3-32-20-13-10-18(11-14-20)24(29)22-23(17-7-5-4-6-8-17)28(26(31)25(22)30)21-15-19(27)12-9-16(21)2/h4-15,23,29H,3H2,1-2H3/b24-22+. The molecule has 32 heavy (non-hydrogen) atoms. The highest BCUT2D eigenvalue weighted by Crippen LogP contribution is 2.43. The van der Waals surface area contributed by atoms with Crippen molar-refractivity contribution in [2.24, 2.45) is 0 Å². The number of hydrogen-bond donors (Lipinski definition) is 1. The van der Waals surface area contributed by atoms with Crippen LogP contribution in [-0.2, 0) is 9.59 Å². The second-order valence-corrected chi connectivity index (χ2v) is 7.90. The Balaban J connectivity index is 1.91. The fraction of sp³-hybridized carbons (Fsp3) is 0.154. The molecule has 1 amide bonds. The van der Waals surface area contributed by atoms with Crippen molar-refractivity contribution >= 4 is 34.7 Å². The first-order valence-corrected chi connectivity index (χ1v) is 10.7. The first kappa shape index (κ1) is 21.7. The van der Waals surface area contributed by atoms with Gasteiger partial charge in [0.15, 0.2) is 0 Å². The first-order valence-electron chi connectivity index (χ1n) is 10.3. The van der Waals surface area contributed by atoms with Crippen LogP contribution in [0.5, 0.6) is 5.75 Å². The zero-order chi connectivity index (χ0) is 22.8. The van der Waals surface area contributed by atoms with E-state index < -0.39 is 17.7 Å². The van der Waals surface area contributed by atoms with Gasteiger partial charge in [-0.05, 0) is 61.4 Å². The van der Waals surface area contributed by atoms with E-state index in [1.807, 2.05) is 44.2 Å². The molecule has 0 aromatic heterocycles. The molecule has 1 aliphatic rings. The summed E-state index contributed by atoms with van der Waals surface area (Å²) in [5, 5.41) is 11.6. The minimum Gasteiger partial charge on any atom is -0.507 e. The van der Waals surface area contributed by atoms with Gasteiger partial charge in [0.2, 0.25) is 0 Å². The van der Waals surface area contributed by atoms with Crippen LogP contribution < -0.4 is 9.64 Å². The average molecular weight is 448 g/mol. The molecule has 1 fully saturated rings. The van der Waals surface area contributed by atoms with Crippen LogP contribution in [0, 0.1) is 6.92 Å². The van der Waals surface area contributed by atoms with Gasteiger partial charge in [-0.2, -0.15) is 0 Å². The summed E-state index contributed by atoms with van der Waals surface area (Å²) in [5.41, 5.74) is 2.48. The molecular formula is C26H22ClNO4. The van der Waals surface area contributed by atoms with Crippen LogP contribution in [0.25, 0.3) is 5.76 Å². The summed E-state index contributed by atoms with van der Waals surface area (Å²) >= 11 is 6.21. The second-order valence-electron chi connectivity index (χ2n) is 7.47. The topological polar surface area (TPSA) is 66.8 Å². The molecule has 0 radical (unpaired) electrons. The quantitative estimate of drug-likeness (QED) is 0.310. The highest BCUT2D eigenvalue weighted by molar-refractivity contribution is 6.52. The van der Waals surface area contributed by atoms with Gasteiger partial charge in [0.25, 0.3) is 11.7 Å². The van der Waals surface area contributed by atoms with Gasteiger partial charge in [0.05, 0.1) is 18.2 Å². The van der Waals surface area contributed by atoms with Gasteiger partial charge in [-0.3, -0.25) is 14.5 Å². The van der Waals surface area contributed by atoms with Crippen molar-refractivity contribution in [3.05, 3.63) is 100 Å². The molecule has 0 saturated carbocycles. The first-order chi connectivity index (χ1) is 15.4. The number of halogens is 1. The smallest absolute Gasteiger partial charge is 0.300 e. The number of aliphatic hydroxyl groups is 1. The molecule has 6 heteroatoms. The van der Waals surface area contributed by atoms with Crippen molar-refractivity contribution in [2.45, 2.75) is 19.9 Å². The maximum atomic E-state index is 13.2. The van der Waals surface area contributed by atoms with E-state index in [9.17, 15) is 14.7 Å². The SMILES string of the molecule is CCOc1ccc(/C(O)=C2\C(=O)C(=O)N(c3cc(Cl)ccc3C)C2c2ccccc2)cc1. The maximum Gasteiger partial charge on any atom is 0.300 e. The van der Waals surface area contributed by atoms with Crippen molar-refractivity contribution in [2.75, 3.05) is 11.5 Å². The number of hydrogen-bond acceptors (Lipinski definition) is 4. The van der Waals surface area contributed by atoms with Crippen LogP contribution in [0.2, 0.25) is 5.02 Å². The van der Waals surface area contributed by atoms with E-state index in [-0.39, 0.29) is 11.3 Å². The number of ketones is 1. The maximum absolute atomic E-state index is 13.2. The normalized spacial score (nSPS) is 17.6. The van der Waals surface area contributed by atoms with Gasteiger partial charge >= 0.3 is 0 Å². The third kappa shape index (κ3) is 3.87. The van der Waals surface area contributed by atoms with E-state index in [1.54, 1.807) is 42.5 Å². The minimum atomic E-state index is -0.792. The Hall–Kier alpha value is -3.57. The predicted molar refractivity (Wildman–Crippen MR) is 125 cm³/mol. The summed E-state index contributed by atoms with van der Waals surface area (Å²) in [6.45, 7) is 4.25. The molecular weight excluding hydrogens is 426 g/mol. The molecule has 1 N–H and O–H groups in total. The lowest BCUT2D eigenvalue weighted by molar-refractivity contribution is -0.132. The van der Waals surface area contributed by atoms with Gasteiger partial charge < -0.3 is 9.84 Å². The van der Waals surface area contributed by atoms with Crippen LogP contribution in [0.4, 0.5) is 5.69 Å². The van der Waals surface area contributed by atoms with Crippen LogP contribution in [0.1, 0.15) is 29.7 Å². The van der Waals surface area contributed by atoms with Crippen molar-refractivity contribution in [3.63, 3.8) is 0 Å². The molecule has 1 unspecified atom stereocenters. The fourth-order valence-corrected chi connectivity index (χ4v) is 4.07. The van der Waals surface area contributed by atoms with E-state index >= 15 is 0 Å². The third-order valence-electron chi connectivity index (χ3n) is 5.43. The molecule has 0 spiro atoms. The molecule has 1 atom stereocenters. The summed E-state index contributed by atoms with van der Waals surface area (Å²) in [5.74, 6) is -1.04. The van der Waals surface area contributed by atoms with Crippen molar-refractivity contribution in [3.8, 4) is 5.75 Å². The monoisotopic (exact) mass is 447 g/mol. The predicted octanol–water partition coefficient (Wildman–Crippen LogP) is 5.67. The number of nitrogens with zero attached hydrogens (tertiary/aromatic N) is 1. The highest BCUT2D eigenvalue weighted by atomic mass is 35.5. The van der Waals surface area contributed by atoms with Crippen LogP contribution in [-0.4, -0.2) is 23.4 Å². The van der Waals surface area contributed by atoms with Crippen molar-refractivity contribution in [1.82, 2.24) is 0 Å². The van der Waals surface area contributed by atoms with E-state index in [0.717, 1.165) is 5.56 Å². The van der Waals surface area contributed by atoms with Gasteiger partial charge in [-0.15, -0.1) is 0 Å². The Morgan fingerprint density at radius 1 is 1.03 bits per heavy atom. The fourth-order valence-electron chi connectivity index (χ4n) is 3.91. The zero-order valence-corrected chi connectivity index (χ0v) is 18.5. The molecule has 5 nitrogen and oxygen atoms in total. The minimum absolute atomic E-state index is 0.0322. The lowest BCUT2D eigenvalue weighted by Gasteiger charge is -2.27. The Morgan fingerprint density at radius 2 is 1.72 bits per heavy atom. The Kier molecular flexibility index (Phi) is 6.01. The summed E-state index contributed by atoms with van der Waals surface area (Å²) in [7, 11) is 0. The molecule has 3 aromatic carbocycles. The summed E-state index contributed by atoms with van der Waals surface area (Å²) < 4.78 is 5.45. The number of aliphatic hydroxyl groups excluding tert-OH is 1. The van der Waals surface area contributed by atoms with Crippen LogP contribution in [0.3, 0.4) is 0 Å². The summed E-state index contributed by atoms with van der Waals surface area (Å²) in [6.07, 6.45) is 0. The van der Waals surface area contributed by atoms with Gasteiger partial charge in [-0.1, -0.05) is 48.0 Å². The molecule has 162 valence electrons. The van der Waals surface area contributed by atoms with Crippen molar-refractivity contribution in [1.29, 1.82) is 0 Å². The highest BCUT2D eigenvalue weighted by Gasteiger charge is 2.47. The second kappa shape index (κ2) is 8.89. The molecule has 0 bridgehead atoms. The number of carbonyl (C=O) groups is 2. The van der Waals surface area contributed by atoms with E-state index in [1.165, 1.54) is 4.90 Å². The number of amides is 1. The largest absolute Gasteiger partial charge is 0.507 e. The number of benzene rings is 3. The van der Waals surface area contributed by atoms with Crippen LogP contribution in [0.15, 0.2) is 78.4 Å². The van der Waals surface area contributed by atoms with Crippen LogP contribution >= 0.6 is 11.6 Å². The van der Waals surface area contributed by atoms with Gasteiger partial charge in [-0.25, -0.2) is 0 Å². The molecule has 4 rings (SSSR count). The van der Waals surface area contributed by atoms with E-state index in [2.05, 4.69) is 0 Å². The molecule has 0 aliphatic carbocycles. The summed E-state index contributed by atoms with van der Waals surface area (Å²) in [6, 6.07) is 20.3. The lowest BCUT2D eigenvalue weighted by Crippen LogP contribution is -2.30. The van der Waals surface area contributed by atoms with E-state index in [4.69, 9.17) is 16.3 Å². The number of carbonyl (C=O) groups excluding carboxylic acids is 2. The zero-order valence-electron chi connectivity index (χ0n) is 17.7. The number of anilines is 1. The molecule has 1 aliphatic heterocycles. The van der Waals surface area contributed by atoms with E-state index in [0.29, 0.717) is 34.2 Å². The number of ether oxygens (including phenoxy) is 1. The van der Waals surface area contributed by atoms with Gasteiger partial charge in [0.1, 0.15) is 11.5 Å². The van der Waals surface area contributed by atoms with Crippen molar-refractivity contribution < 1.29 is 19.4 Å². The summed E-state index contributed by atoms with van der Waals surface area (Å²) in [4.78, 5) is 27.8. The lowest BCUT2D eigenvalue weighted by atomic mass is 9.95. The Labute approximate surface area is 191 Å². The third-order valence-corrected chi connectivity index (χ3v) is 5.66. The van der Waals surface area contributed by atoms with Gasteiger partial charge in [0, 0.05) is 16.3 Å². The number of rotatable bonds is 5. The molecule has 1 saturated heterocycles. The Morgan fingerprint density at radius 3 is 2.38 bits per heavy atom. The number of aryl methyl sites for hydroxylation is 1. The molecule has 3 aromatic rings.